The van der Waals surface area contributed by atoms with E-state index in [-0.39, 0.29) is 16.8 Å². The summed E-state index contributed by atoms with van der Waals surface area (Å²) in [5.74, 6) is 0.711. The third-order valence-corrected chi connectivity index (χ3v) is 5.83. The maximum atomic E-state index is 13.7. The van der Waals surface area contributed by atoms with E-state index >= 15 is 0 Å². The Labute approximate surface area is 195 Å². The molecule has 33 heavy (non-hydrogen) atoms. The van der Waals surface area contributed by atoms with Crippen LogP contribution in [0, 0.1) is 6.92 Å². The lowest BCUT2D eigenvalue weighted by Gasteiger charge is -2.24. The smallest absolute Gasteiger partial charge is 0.296 e. The number of anilines is 1. The molecule has 0 radical (unpaired) electrons. The fraction of sp³-hybridized carbons (Fsp3) is 0.192. The van der Waals surface area contributed by atoms with Gasteiger partial charge in [-0.25, -0.2) is 4.98 Å². The largest absolute Gasteiger partial charge is 0.494 e. The topological polar surface area (TPSA) is 72.6 Å². The minimum Gasteiger partial charge on any atom is -0.494 e. The first-order valence-electron chi connectivity index (χ1n) is 10.7. The minimum absolute atomic E-state index is 0.0167. The first kappa shape index (κ1) is 21.2. The molecule has 1 aliphatic heterocycles. The van der Waals surface area contributed by atoms with Gasteiger partial charge in [-0.05, 0) is 61.4 Å². The highest BCUT2D eigenvalue weighted by atomic mass is 35.5. The Morgan fingerprint density at radius 2 is 1.91 bits per heavy atom. The van der Waals surface area contributed by atoms with Crippen molar-refractivity contribution in [2.45, 2.75) is 26.3 Å². The number of nitrogens with zero attached hydrogens (tertiary/aromatic N) is 2. The van der Waals surface area contributed by atoms with E-state index in [0.717, 1.165) is 17.7 Å². The van der Waals surface area contributed by atoms with Crippen LogP contribution in [0.4, 0.5) is 5.82 Å². The van der Waals surface area contributed by atoms with Crippen LogP contribution in [-0.4, -0.2) is 17.5 Å². The number of pyridine rings is 1. The van der Waals surface area contributed by atoms with Crippen molar-refractivity contribution in [3.63, 3.8) is 0 Å². The Morgan fingerprint density at radius 3 is 2.70 bits per heavy atom. The van der Waals surface area contributed by atoms with Crippen LogP contribution in [0.1, 0.15) is 46.8 Å². The molecular weight excluding hydrogens is 440 g/mol. The highest BCUT2D eigenvalue weighted by Gasteiger charge is 2.44. The summed E-state index contributed by atoms with van der Waals surface area (Å²) in [5, 5.41) is 0.749. The zero-order valence-electron chi connectivity index (χ0n) is 18.2. The van der Waals surface area contributed by atoms with Crippen molar-refractivity contribution in [3.8, 4) is 5.75 Å². The van der Waals surface area contributed by atoms with Crippen molar-refractivity contribution in [1.29, 1.82) is 0 Å². The predicted octanol–water partition coefficient (Wildman–Crippen LogP) is 5.69. The van der Waals surface area contributed by atoms with E-state index in [1.165, 1.54) is 4.90 Å². The number of fused-ring (bicyclic) bond motifs is 2. The van der Waals surface area contributed by atoms with E-state index in [4.69, 9.17) is 20.8 Å². The highest BCUT2D eigenvalue weighted by molar-refractivity contribution is 6.31. The average molecular weight is 461 g/mol. The van der Waals surface area contributed by atoms with E-state index in [0.29, 0.717) is 34.2 Å². The molecule has 3 heterocycles. The Bertz CT molecular complexity index is 1450. The van der Waals surface area contributed by atoms with E-state index in [1.54, 1.807) is 24.3 Å². The molecule has 0 N–H and O–H groups in total. The van der Waals surface area contributed by atoms with Crippen LogP contribution >= 0.6 is 11.6 Å². The molecule has 0 saturated heterocycles. The molecule has 5 rings (SSSR count). The second-order valence-electron chi connectivity index (χ2n) is 7.95. The van der Waals surface area contributed by atoms with Crippen LogP contribution in [0.2, 0.25) is 5.02 Å². The molecule has 0 saturated carbocycles. The van der Waals surface area contributed by atoms with E-state index in [2.05, 4.69) is 4.98 Å². The van der Waals surface area contributed by atoms with Crippen molar-refractivity contribution < 1.29 is 13.9 Å². The fourth-order valence-corrected chi connectivity index (χ4v) is 4.33. The molecule has 1 atom stereocenters. The quantitative estimate of drug-likeness (QED) is 0.382. The summed E-state index contributed by atoms with van der Waals surface area (Å²) in [6, 6.07) is 17.0. The maximum Gasteiger partial charge on any atom is 0.296 e. The number of carbonyl (C=O) groups excluding carboxylic acids is 1. The third-order valence-electron chi connectivity index (χ3n) is 5.60. The summed E-state index contributed by atoms with van der Waals surface area (Å²) in [5.41, 5.74) is 1.78. The SMILES string of the molecule is CCCOc1cccc(C2c3c(oc4ccc(Cl)cc4c3=O)C(=O)N2c2cccc(C)n2)c1. The summed E-state index contributed by atoms with van der Waals surface area (Å²) in [7, 11) is 0. The van der Waals surface area contributed by atoms with Crippen LogP contribution in [0.3, 0.4) is 0 Å². The van der Waals surface area contributed by atoms with Crippen molar-refractivity contribution in [1.82, 2.24) is 4.98 Å². The molecule has 166 valence electrons. The normalized spacial score (nSPS) is 15.2. The summed E-state index contributed by atoms with van der Waals surface area (Å²) >= 11 is 6.15. The summed E-state index contributed by atoms with van der Waals surface area (Å²) < 4.78 is 11.8. The minimum atomic E-state index is -0.716. The third kappa shape index (κ3) is 3.66. The van der Waals surface area contributed by atoms with Crippen LogP contribution in [0.25, 0.3) is 11.0 Å². The molecule has 0 fully saturated rings. The molecule has 1 amide bonds. The number of aryl methyl sites for hydroxylation is 1. The van der Waals surface area contributed by atoms with Gasteiger partial charge in [-0.15, -0.1) is 0 Å². The second-order valence-corrected chi connectivity index (χ2v) is 8.39. The Morgan fingerprint density at radius 1 is 1.09 bits per heavy atom. The molecule has 2 aromatic carbocycles. The lowest BCUT2D eigenvalue weighted by molar-refractivity contribution is 0.0970. The summed E-state index contributed by atoms with van der Waals surface area (Å²) in [6.45, 7) is 4.45. The van der Waals surface area contributed by atoms with Gasteiger partial charge in [0.1, 0.15) is 17.2 Å². The van der Waals surface area contributed by atoms with Crippen LogP contribution < -0.4 is 15.1 Å². The van der Waals surface area contributed by atoms with Gasteiger partial charge in [-0.2, -0.15) is 0 Å². The first-order valence-corrected chi connectivity index (χ1v) is 11.1. The van der Waals surface area contributed by atoms with Crippen LogP contribution in [-0.2, 0) is 0 Å². The van der Waals surface area contributed by atoms with Crippen molar-refractivity contribution in [2.24, 2.45) is 0 Å². The van der Waals surface area contributed by atoms with Gasteiger partial charge in [0.25, 0.3) is 5.91 Å². The van der Waals surface area contributed by atoms with Gasteiger partial charge in [-0.3, -0.25) is 14.5 Å². The first-order chi connectivity index (χ1) is 16.0. The van der Waals surface area contributed by atoms with Gasteiger partial charge >= 0.3 is 0 Å². The molecule has 1 aliphatic rings. The molecule has 4 aromatic rings. The molecule has 6 nitrogen and oxygen atoms in total. The van der Waals surface area contributed by atoms with E-state index in [9.17, 15) is 9.59 Å². The van der Waals surface area contributed by atoms with Crippen molar-refractivity contribution in [2.75, 3.05) is 11.5 Å². The van der Waals surface area contributed by atoms with Gasteiger partial charge < -0.3 is 9.15 Å². The number of aromatic nitrogens is 1. The van der Waals surface area contributed by atoms with Crippen molar-refractivity contribution >= 4 is 34.3 Å². The van der Waals surface area contributed by atoms with Crippen molar-refractivity contribution in [3.05, 3.63) is 98.5 Å². The lowest BCUT2D eigenvalue weighted by atomic mass is 9.98. The standard InChI is InChI=1S/C26H21ClN2O4/c1-3-12-32-18-8-5-7-16(13-18)23-22-24(30)19-14-17(27)10-11-20(19)33-25(22)26(31)29(23)21-9-4-6-15(2)28-21/h4-11,13-14,23H,3,12H2,1-2H3. The van der Waals surface area contributed by atoms with Gasteiger partial charge in [0, 0.05) is 10.7 Å². The molecule has 2 aromatic heterocycles. The Hall–Kier alpha value is -3.64. The monoisotopic (exact) mass is 460 g/mol. The zero-order chi connectivity index (χ0) is 23.1. The highest BCUT2D eigenvalue weighted by Crippen LogP contribution is 2.41. The fourth-order valence-electron chi connectivity index (χ4n) is 4.15. The number of hydrogen-bond acceptors (Lipinski definition) is 5. The van der Waals surface area contributed by atoms with Gasteiger partial charge in [0.05, 0.1) is 23.6 Å². The molecular formula is C26H21ClN2O4. The maximum absolute atomic E-state index is 13.7. The predicted molar refractivity (Wildman–Crippen MR) is 127 cm³/mol. The van der Waals surface area contributed by atoms with E-state index < -0.39 is 11.9 Å². The van der Waals surface area contributed by atoms with Gasteiger partial charge in [0.15, 0.2) is 5.43 Å². The second kappa shape index (κ2) is 8.37. The summed E-state index contributed by atoms with van der Waals surface area (Å²) in [6.07, 6.45) is 0.866. The lowest BCUT2D eigenvalue weighted by Crippen LogP contribution is -2.30. The number of carbonyl (C=O) groups is 1. The van der Waals surface area contributed by atoms with Gasteiger partial charge in [0.2, 0.25) is 5.76 Å². The number of benzene rings is 2. The van der Waals surface area contributed by atoms with E-state index in [1.807, 2.05) is 50.2 Å². The van der Waals surface area contributed by atoms with Crippen LogP contribution in [0.5, 0.6) is 5.75 Å². The average Bonchev–Trinajstić information content (AvgIpc) is 3.11. The van der Waals surface area contributed by atoms with Gasteiger partial charge in [-0.1, -0.05) is 36.7 Å². The number of rotatable bonds is 5. The number of hydrogen-bond donors (Lipinski definition) is 0. The molecule has 0 bridgehead atoms. The molecule has 7 heteroatoms. The molecule has 1 unspecified atom stereocenters. The zero-order valence-corrected chi connectivity index (χ0v) is 18.9. The summed E-state index contributed by atoms with van der Waals surface area (Å²) in [4.78, 5) is 33.3. The Balaban J connectivity index is 1.77. The molecule has 0 aliphatic carbocycles. The molecule has 0 spiro atoms. The number of halogens is 1. The number of ether oxygens (including phenoxy) is 1. The Kier molecular flexibility index (Phi) is 5.38. The van der Waals surface area contributed by atoms with Crippen LogP contribution in [0.15, 0.2) is 69.9 Å². The number of amides is 1.